The third-order valence-electron chi connectivity index (χ3n) is 4.10. The highest BCUT2D eigenvalue weighted by Gasteiger charge is 2.06. The number of rotatable bonds is 13. The zero-order chi connectivity index (χ0) is 16.8. The lowest BCUT2D eigenvalue weighted by molar-refractivity contribution is 0.0497. The van der Waals surface area contributed by atoms with Gasteiger partial charge in [0.25, 0.3) is 0 Å². The lowest BCUT2D eigenvalue weighted by Crippen LogP contribution is -2.06. The van der Waals surface area contributed by atoms with Crippen LogP contribution in [0.25, 0.3) is 0 Å². The van der Waals surface area contributed by atoms with Crippen molar-refractivity contribution in [1.82, 2.24) is 0 Å². The quantitative estimate of drug-likeness (QED) is 0.287. The third kappa shape index (κ3) is 9.98. The zero-order valence-electron chi connectivity index (χ0n) is 14.7. The van der Waals surface area contributed by atoms with Crippen molar-refractivity contribution in [2.75, 3.05) is 12.3 Å². The molecule has 0 heterocycles. The highest BCUT2D eigenvalue weighted by molar-refractivity contribution is 5.90. The predicted octanol–water partition coefficient (Wildman–Crippen LogP) is 5.74. The molecule has 0 amide bonds. The van der Waals surface area contributed by atoms with Crippen molar-refractivity contribution >= 4 is 11.7 Å². The van der Waals surface area contributed by atoms with Gasteiger partial charge in [-0.3, -0.25) is 0 Å². The van der Waals surface area contributed by atoms with Crippen LogP contribution in [0.3, 0.4) is 0 Å². The second kappa shape index (κ2) is 13.0. The molecule has 1 aromatic carbocycles. The Kier molecular flexibility index (Phi) is 11.0. The number of nitrogens with two attached hydrogens (primary N) is 1. The van der Waals surface area contributed by atoms with E-state index in [0.29, 0.717) is 17.9 Å². The van der Waals surface area contributed by atoms with Crippen LogP contribution in [0.2, 0.25) is 0 Å². The van der Waals surface area contributed by atoms with Gasteiger partial charge in [0.2, 0.25) is 0 Å². The summed E-state index contributed by atoms with van der Waals surface area (Å²) < 4.78 is 5.27. The van der Waals surface area contributed by atoms with E-state index in [1.54, 1.807) is 24.3 Å². The van der Waals surface area contributed by atoms with Crippen molar-refractivity contribution in [2.24, 2.45) is 0 Å². The van der Waals surface area contributed by atoms with Crippen LogP contribution in [-0.4, -0.2) is 12.6 Å². The molecule has 0 unspecified atom stereocenters. The van der Waals surface area contributed by atoms with E-state index in [9.17, 15) is 4.79 Å². The molecule has 1 aromatic rings. The second-order valence-corrected chi connectivity index (χ2v) is 6.30. The van der Waals surface area contributed by atoms with Crippen LogP contribution in [-0.2, 0) is 4.74 Å². The van der Waals surface area contributed by atoms with Crippen molar-refractivity contribution in [1.29, 1.82) is 0 Å². The molecule has 0 spiro atoms. The first-order chi connectivity index (χ1) is 11.2. The Morgan fingerprint density at radius 1 is 0.913 bits per heavy atom. The molecular weight excluding hydrogens is 286 g/mol. The molecule has 0 aliphatic rings. The van der Waals surface area contributed by atoms with Crippen LogP contribution >= 0.6 is 0 Å². The molecule has 0 saturated carbocycles. The van der Waals surface area contributed by atoms with Gasteiger partial charge in [-0.2, -0.15) is 0 Å². The molecule has 3 nitrogen and oxygen atoms in total. The van der Waals surface area contributed by atoms with E-state index in [2.05, 4.69) is 6.92 Å². The largest absolute Gasteiger partial charge is 0.462 e. The van der Waals surface area contributed by atoms with E-state index in [1.807, 2.05) is 0 Å². The maximum absolute atomic E-state index is 11.8. The first-order valence-corrected chi connectivity index (χ1v) is 9.26. The minimum absolute atomic E-state index is 0.274. The Morgan fingerprint density at radius 3 is 2.04 bits per heavy atom. The number of carbonyl (C=O) groups excluding carboxylic acids is 1. The lowest BCUT2D eigenvalue weighted by Gasteiger charge is -2.05. The van der Waals surface area contributed by atoms with Crippen LogP contribution in [0, 0.1) is 0 Å². The standard InChI is InChI=1S/C20H33NO2/c1-2-3-4-5-6-7-8-9-10-11-12-16-23-20(22)18-14-13-15-19(21)17-18/h13-15,17H,2-12,16,21H2,1H3. The Hall–Kier alpha value is -1.51. The van der Waals surface area contributed by atoms with E-state index in [0.717, 1.165) is 12.8 Å². The number of benzene rings is 1. The minimum atomic E-state index is -0.274. The zero-order valence-corrected chi connectivity index (χ0v) is 14.7. The number of hydrogen-bond donors (Lipinski definition) is 1. The molecule has 0 bridgehead atoms. The van der Waals surface area contributed by atoms with Gasteiger partial charge in [-0.15, -0.1) is 0 Å². The van der Waals surface area contributed by atoms with E-state index in [4.69, 9.17) is 10.5 Å². The monoisotopic (exact) mass is 319 g/mol. The van der Waals surface area contributed by atoms with E-state index >= 15 is 0 Å². The summed E-state index contributed by atoms with van der Waals surface area (Å²) in [6.07, 6.45) is 14.2. The van der Waals surface area contributed by atoms with Crippen LogP contribution in [0.5, 0.6) is 0 Å². The lowest BCUT2D eigenvalue weighted by atomic mass is 10.1. The van der Waals surface area contributed by atoms with Gasteiger partial charge in [0.1, 0.15) is 0 Å². The fourth-order valence-electron chi connectivity index (χ4n) is 2.68. The van der Waals surface area contributed by atoms with Gasteiger partial charge >= 0.3 is 5.97 Å². The van der Waals surface area contributed by atoms with Crippen molar-refractivity contribution < 1.29 is 9.53 Å². The number of carbonyl (C=O) groups is 1. The van der Waals surface area contributed by atoms with Crippen LogP contribution < -0.4 is 5.73 Å². The van der Waals surface area contributed by atoms with Gasteiger partial charge in [-0.25, -0.2) is 4.79 Å². The summed E-state index contributed by atoms with van der Waals surface area (Å²) in [5.74, 6) is -0.274. The predicted molar refractivity (Wildman–Crippen MR) is 97.6 cm³/mol. The maximum atomic E-state index is 11.8. The molecule has 0 saturated heterocycles. The second-order valence-electron chi connectivity index (χ2n) is 6.30. The Balaban J connectivity index is 1.91. The molecule has 0 fully saturated rings. The van der Waals surface area contributed by atoms with Gasteiger partial charge in [0.15, 0.2) is 0 Å². The molecule has 130 valence electrons. The molecular formula is C20H33NO2. The molecule has 2 N–H and O–H groups in total. The molecule has 0 radical (unpaired) electrons. The summed E-state index contributed by atoms with van der Waals surface area (Å²) >= 11 is 0. The van der Waals surface area contributed by atoms with Gasteiger partial charge in [-0.1, -0.05) is 77.2 Å². The molecule has 3 heteroatoms. The Morgan fingerprint density at radius 2 is 1.48 bits per heavy atom. The van der Waals surface area contributed by atoms with Crippen molar-refractivity contribution in [3.8, 4) is 0 Å². The number of esters is 1. The highest BCUT2D eigenvalue weighted by Crippen LogP contribution is 2.12. The van der Waals surface area contributed by atoms with E-state index < -0.39 is 0 Å². The Bertz CT molecular complexity index is 431. The fraction of sp³-hybridized carbons (Fsp3) is 0.650. The maximum Gasteiger partial charge on any atom is 0.338 e. The van der Waals surface area contributed by atoms with E-state index in [1.165, 1.54) is 57.8 Å². The number of unbranched alkanes of at least 4 members (excludes halogenated alkanes) is 10. The number of ether oxygens (including phenoxy) is 1. The SMILES string of the molecule is CCCCCCCCCCCCCOC(=O)c1cccc(N)c1. The minimum Gasteiger partial charge on any atom is -0.462 e. The summed E-state index contributed by atoms with van der Waals surface area (Å²) in [4.78, 5) is 11.8. The summed E-state index contributed by atoms with van der Waals surface area (Å²) in [7, 11) is 0. The molecule has 0 aliphatic heterocycles. The smallest absolute Gasteiger partial charge is 0.338 e. The van der Waals surface area contributed by atoms with Crippen molar-refractivity contribution in [2.45, 2.75) is 77.6 Å². The van der Waals surface area contributed by atoms with Crippen LogP contribution in [0.4, 0.5) is 5.69 Å². The fourth-order valence-corrected chi connectivity index (χ4v) is 2.68. The van der Waals surface area contributed by atoms with Crippen molar-refractivity contribution in [3.63, 3.8) is 0 Å². The molecule has 0 atom stereocenters. The molecule has 23 heavy (non-hydrogen) atoms. The number of anilines is 1. The average molecular weight is 319 g/mol. The van der Waals surface area contributed by atoms with Gasteiger partial charge in [0, 0.05) is 5.69 Å². The number of hydrogen-bond acceptors (Lipinski definition) is 3. The van der Waals surface area contributed by atoms with Gasteiger partial charge in [0.05, 0.1) is 12.2 Å². The van der Waals surface area contributed by atoms with Crippen molar-refractivity contribution in [3.05, 3.63) is 29.8 Å². The summed E-state index contributed by atoms with van der Waals surface area (Å²) in [5.41, 5.74) is 6.78. The van der Waals surface area contributed by atoms with Gasteiger partial charge < -0.3 is 10.5 Å². The third-order valence-corrected chi connectivity index (χ3v) is 4.10. The van der Waals surface area contributed by atoms with Gasteiger partial charge in [-0.05, 0) is 24.6 Å². The molecule has 0 aromatic heterocycles. The first kappa shape index (κ1) is 19.5. The molecule has 1 rings (SSSR count). The summed E-state index contributed by atoms with van der Waals surface area (Å²) in [6.45, 7) is 2.76. The normalized spacial score (nSPS) is 10.7. The van der Waals surface area contributed by atoms with Crippen LogP contribution in [0.15, 0.2) is 24.3 Å². The average Bonchev–Trinajstić information content (AvgIpc) is 2.55. The summed E-state index contributed by atoms with van der Waals surface area (Å²) in [5, 5.41) is 0. The van der Waals surface area contributed by atoms with E-state index in [-0.39, 0.29) is 5.97 Å². The number of nitrogen functional groups attached to an aromatic ring is 1. The Labute approximate surface area is 141 Å². The first-order valence-electron chi connectivity index (χ1n) is 9.26. The highest BCUT2D eigenvalue weighted by atomic mass is 16.5. The molecule has 0 aliphatic carbocycles. The topological polar surface area (TPSA) is 52.3 Å². The summed E-state index contributed by atoms with van der Waals surface area (Å²) in [6, 6.07) is 6.93. The van der Waals surface area contributed by atoms with Crippen LogP contribution in [0.1, 0.15) is 87.9 Å².